The summed E-state index contributed by atoms with van der Waals surface area (Å²) in [6.07, 6.45) is 0.0767. The SMILES string of the molecule is CC1(C)CN(Cc2ccccc2CC(=O)O)CC(C)(C)O1. The van der Waals surface area contributed by atoms with Crippen molar-refractivity contribution in [1.29, 1.82) is 0 Å². The van der Waals surface area contributed by atoms with Crippen molar-refractivity contribution in [2.24, 2.45) is 0 Å². The zero-order valence-corrected chi connectivity index (χ0v) is 13.3. The largest absolute Gasteiger partial charge is 0.481 e. The summed E-state index contributed by atoms with van der Waals surface area (Å²) in [5.41, 5.74) is 1.60. The molecule has 1 saturated heterocycles. The molecular formula is C17H25NO3. The summed E-state index contributed by atoms with van der Waals surface area (Å²) in [4.78, 5) is 13.3. The highest BCUT2D eigenvalue weighted by Gasteiger charge is 2.38. The molecule has 0 aromatic heterocycles. The number of nitrogens with zero attached hydrogens (tertiary/aromatic N) is 1. The Balaban J connectivity index is 2.16. The third kappa shape index (κ3) is 4.55. The van der Waals surface area contributed by atoms with Gasteiger partial charge in [0.05, 0.1) is 17.6 Å². The number of aliphatic carboxylic acids is 1. The number of carboxylic acid groups (broad SMARTS) is 1. The molecule has 2 rings (SSSR count). The molecule has 0 aliphatic carbocycles. The van der Waals surface area contributed by atoms with E-state index in [4.69, 9.17) is 9.84 Å². The smallest absolute Gasteiger partial charge is 0.307 e. The highest BCUT2D eigenvalue weighted by atomic mass is 16.5. The number of carboxylic acids is 1. The minimum absolute atomic E-state index is 0.0767. The molecule has 4 nitrogen and oxygen atoms in total. The van der Waals surface area contributed by atoms with Crippen LogP contribution in [0.3, 0.4) is 0 Å². The van der Waals surface area contributed by atoms with Gasteiger partial charge in [-0.15, -0.1) is 0 Å². The molecule has 1 heterocycles. The van der Waals surface area contributed by atoms with Crippen LogP contribution in [-0.2, 0) is 22.5 Å². The van der Waals surface area contributed by atoms with Crippen molar-refractivity contribution in [2.75, 3.05) is 13.1 Å². The van der Waals surface area contributed by atoms with Gasteiger partial charge in [0.15, 0.2) is 0 Å². The first kappa shape index (κ1) is 16.0. The number of rotatable bonds is 4. The predicted molar refractivity (Wildman–Crippen MR) is 82.3 cm³/mol. The lowest BCUT2D eigenvalue weighted by atomic mass is 9.97. The monoisotopic (exact) mass is 291 g/mol. The fraction of sp³-hybridized carbons (Fsp3) is 0.588. The third-order valence-electron chi connectivity index (χ3n) is 3.62. The third-order valence-corrected chi connectivity index (χ3v) is 3.62. The maximum atomic E-state index is 11.0. The van der Waals surface area contributed by atoms with Crippen molar-refractivity contribution in [2.45, 2.75) is 51.9 Å². The molecule has 1 aliphatic heterocycles. The summed E-state index contributed by atoms with van der Waals surface area (Å²) in [7, 11) is 0. The number of hydrogen-bond acceptors (Lipinski definition) is 3. The molecule has 0 unspecified atom stereocenters. The average Bonchev–Trinajstić information content (AvgIpc) is 2.26. The van der Waals surface area contributed by atoms with Crippen LogP contribution in [0.2, 0.25) is 0 Å². The molecule has 1 aliphatic rings. The van der Waals surface area contributed by atoms with Gasteiger partial charge < -0.3 is 9.84 Å². The van der Waals surface area contributed by atoms with E-state index < -0.39 is 5.97 Å². The summed E-state index contributed by atoms with van der Waals surface area (Å²) in [6, 6.07) is 7.79. The average molecular weight is 291 g/mol. The first-order valence-corrected chi connectivity index (χ1v) is 7.38. The van der Waals surface area contributed by atoms with Crippen LogP contribution in [0.1, 0.15) is 38.8 Å². The topological polar surface area (TPSA) is 49.8 Å². The Labute approximate surface area is 126 Å². The van der Waals surface area contributed by atoms with Crippen molar-refractivity contribution in [3.8, 4) is 0 Å². The molecule has 116 valence electrons. The summed E-state index contributed by atoms with van der Waals surface area (Å²) < 4.78 is 6.09. The van der Waals surface area contributed by atoms with Crippen LogP contribution in [0.25, 0.3) is 0 Å². The highest BCUT2D eigenvalue weighted by Crippen LogP contribution is 2.29. The zero-order valence-electron chi connectivity index (χ0n) is 13.3. The minimum Gasteiger partial charge on any atom is -0.481 e. The molecule has 0 saturated carbocycles. The summed E-state index contributed by atoms with van der Waals surface area (Å²) >= 11 is 0. The van der Waals surface area contributed by atoms with Gasteiger partial charge in [0.2, 0.25) is 0 Å². The van der Waals surface area contributed by atoms with E-state index in [0.29, 0.717) is 0 Å². The molecule has 21 heavy (non-hydrogen) atoms. The molecule has 0 amide bonds. The van der Waals surface area contributed by atoms with Gasteiger partial charge >= 0.3 is 5.97 Å². The van der Waals surface area contributed by atoms with Crippen molar-refractivity contribution in [3.05, 3.63) is 35.4 Å². The molecule has 0 spiro atoms. The standard InChI is InChI=1S/C17H25NO3/c1-16(2)11-18(12-17(3,4)21-16)10-14-8-6-5-7-13(14)9-15(19)20/h5-8H,9-12H2,1-4H3,(H,19,20). The van der Waals surface area contributed by atoms with Crippen LogP contribution in [0.15, 0.2) is 24.3 Å². The van der Waals surface area contributed by atoms with E-state index in [9.17, 15) is 4.79 Å². The van der Waals surface area contributed by atoms with Gasteiger partial charge in [0.1, 0.15) is 0 Å². The molecule has 4 heteroatoms. The van der Waals surface area contributed by atoms with Gasteiger partial charge in [-0.25, -0.2) is 0 Å². The van der Waals surface area contributed by atoms with Gasteiger partial charge in [-0.1, -0.05) is 24.3 Å². The van der Waals surface area contributed by atoms with E-state index in [1.807, 2.05) is 24.3 Å². The second-order valence-electron chi connectivity index (χ2n) is 7.11. The Morgan fingerprint density at radius 2 is 1.67 bits per heavy atom. The molecule has 1 aromatic rings. The van der Waals surface area contributed by atoms with Gasteiger partial charge in [-0.05, 0) is 38.8 Å². The summed E-state index contributed by atoms with van der Waals surface area (Å²) in [5.74, 6) is -0.787. The van der Waals surface area contributed by atoms with E-state index in [0.717, 1.165) is 30.8 Å². The van der Waals surface area contributed by atoms with Gasteiger partial charge in [-0.2, -0.15) is 0 Å². The Hall–Kier alpha value is -1.39. The highest BCUT2D eigenvalue weighted by molar-refractivity contribution is 5.70. The molecule has 0 radical (unpaired) electrons. The summed E-state index contributed by atoms with van der Waals surface area (Å²) in [6.45, 7) is 10.9. The van der Waals surface area contributed by atoms with Crippen LogP contribution in [0.5, 0.6) is 0 Å². The summed E-state index contributed by atoms with van der Waals surface area (Å²) in [5, 5.41) is 9.03. The van der Waals surface area contributed by atoms with Crippen LogP contribution < -0.4 is 0 Å². The van der Waals surface area contributed by atoms with Crippen molar-refractivity contribution in [1.82, 2.24) is 4.90 Å². The van der Waals surface area contributed by atoms with E-state index in [1.165, 1.54) is 0 Å². The molecule has 1 N–H and O–H groups in total. The first-order chi connectivity index (χ1) is 9.67. The lowest BCUT2D eigenvalue weighted by Crippen LogP contribution is -2.56. The number of hydrogen-bond donors (Lipinski definition) is 1. The van der Waals surface area contributed by atoms with Crippen LogP contribution >= 0.6 is 0 Å². The Morgan fingerprint density at radius 3 is 2.19 bits per heavy atom. The molecule has 0 atom stereocenters. The lowest BCUT2D eigenvalue weighted by molar-refractivity contribution is -0.182. The van der Waals surface area contributed by atoms with Crippen molar-refractivity contribution < 1.29 is 14.6 Å². The lowest BCUT2D eigenvalue weighted by Gasteiger charge is -2.47. The number of morpholine rings is 1. The van der Waals surface area contributed by atoms with Crippen molar-refractivity contribution >= 4 is 5.97 Å². The van der Waals surface area contributed by atoms with E-state index in [-0.39, 0.29) is 17.6 Å². The van der Waals surface area contributed by atoms with Crippen molar-refractivity contribution in [3.63, 3.8) is 0 Å². The Kier molecular flexibility index (Phi) is 4.40. The molecule has 1 aromatic carbocycles. The van der Waals surface area contributed by atoms with E-state index in [1.54, 1.807) is 0 Å². The van der Waals surface area contributed by atoms with Gasteiger partial charge in [0, 0.05) is 19.6 Å². The zero-order chi connectivity index (χ0) is 15.7. The maximum Gasteiger partial charge on any atom is 0.307 e. The van der Waals surface area contributed by atoms with E-state index >= 15 is 0 Å². The normalized spacial score (nSPS) is 21.1. The first-order valence-electron chi connectivity index (χ1n) is 7.38. The second-order valence-corrected chi connectivity index (χ2v) is 7.11. The maximum absolute atomic E-state index is 11.0. The fourth-order valence-electron chi connectivity index (χ4n) is 3.35. The van der Waals surface area contributed by atoms with Crippen LogP contribution in [-0.4, -0.2) is 40.3 Å². The quantitative estimate of drug-likeness (QED) is 0.926. The Morgan fingerprint density at radius 1 is 1.14 bits per heavy atom. The fourth-order valence-corrected chi connectivity index (χ4v) is 3.35. The number of carbonyl (C=O) groups is 1. The predicted octanol–water partition coefficient (Wildman–Crippen LogP) is 2.70. The van der Waals surface area contributed by atoms with Crippen LogP contribution in [0, 0.1) is 0 Å². The molecule has 0 bridgehead atoms. The van der Waals surface area contributed by atoms with Gasteiger partial charge in [-0.3, -0.25) is 9.69 Å². The second kappa shape index (κ2) is 5.78. The number of ether oxygens (including phenoxy) is 1. The molecular weight excluding hydrogens is 266 g/mol. The Bertz CT molecular complexity index is 507. The van der Waals surface area contributed by atoms with E-state index in [2.05, 4.69) is 32.6 Å². The molecule has 1 fully saturated rings. The minimum atomic E-state index is -0.787. The van der Waals surface area contributed by atoms with Crippen LogP contribution in [0.4, 0.5) is 0 Å². The number of benzene rings is 1. The van der Waals surface area contributed by atoms with Gasteiger partial charge in [0.25, 0.3) is 0 Å².